The molecule has 180 valence electrons. The summed E-state index contributed by atoms with van der Waals surface area (Å²) in [5, 5.41) is 7.47. The summed E-state index contributed by atoms with van der Waals surface area (Å²) in [6.45, 7) is 9.22. The Bertz CT molecular complexity index is 1290. The molecule has 1 amide bonds. The molecular formula is C26H32N4O3S. The molecule has 34 heavy (non-hydrogen) atoms. The first-order valence-electron chi connectivity index (χ1n) is 11.7. The van der Waals surface area contributed by atoms with Crippen LogP contribution < -0.4 is 5.32 Å². The first-order valence-corrected chi connectivity index (χ1v) is 13.1. The normalized spacial score (nSPS) is 15.4. The van der Waals surface area contributed by atoms with Crippen LogP contribution in [0.15, 0.2) is 53.4 Å². The van der Waals surface area contributed by atoms with E-state index in [1.54, 1.807) is 28.0 Å². The van der Waals surface area contributed by atoms with Crippen LogP contribution in [0.5, 0.6) is 0 Å². The number of hydrogen-bond acceptors (Lipinski definition) is 4. The highest BCUT2D eigenvalue weighted by atomic mass is 32.2. The minimum absolute atomic E-state index is 0.170. The summed E-state index contributed by atoms with van der Waals surface area (Å²) in [6, 6.07) is 15.0. The average Bonchev–Trinajstić information content (AvgIpc) is 3.09. The molecule has 2 heterocycles. The Morgan fingerprint density at radius 3 is 2.32 bits per heavy atom. The van der Waals surface area contributed by atoms with E-state index in [2.05, 4.69) is 17.3 Å². The minimum atomic E-state index is -3.57. The standard InChI is InChI=1S/C26H32N4O3S/c1-18-13-15-29(16-14-18)34(32,33)25-20(3)28-30(21(25)4)17-22-9-11-23(12-10-22)26(31)27-24-8-6-5-7-19(24)2/h5-12,18H,13-17H2,1-4H3,(H,27,31). The second-order valence-electron chi connectivity index (χ2n) is 9.21. The highest BCUT2D eigenvalue weighted by Crippen LogP contribution is 2.28. The molecule has 0 bridgehead atoms. The molecule has 1 N–H and O–H groups in total. The van der Waals surface area contributed by atoms with E-state index in [9.17, 15) is 13.2 Å². The van der Waals surface area contributed by atoms with Crippen LogP contribution in [0.2, 0.25) is 0 Å². The van der Waals surface area contributed by atoms with Crippen molar-refractivity contribution >= 4 is 21.6 Å². The van der Waals surface area contributed by atoms with Crippen molar-refractivity contribution in [1.29, 1.82) is 0 Å². The van der Waals surface area contributed by atoms with E-state index in [-0.39, 0.29) is 5.91 Å². The number of anilines is 1. The Labute approximate surface area is 201 Å². The fourth-order valence-corrected chi connectivity index (χ4v) is 6.25. The van der Waals surface area contributed by atoms with Crippen LogP contribution in [0, 0.1) is 26.7 Å². The number of sulfonamides is 1. The first kappa shape index (κ1) is 24.2. The van der Waals surface area contributed by atoms with Gasteiger partial charge in [0.2, 0.25) is 10.0 Å². The lowest BCUT2D eigenvalue weighted by Crippen LogP contribution is -2.38. The maximum Gasteiger partial charge on any atom is 0.255 e. The Balaban J connectivity index is 1.49. The van der Waals surface area contributed by atoms with Gasteiger partial charge in [0.1, 0.15) is 4.90 Å². The molecule has 8 heteroatoms. The summed E-state index contributed by atoms with van der Waals surface area (Å²) in [7, 11) is -3.57. The zero-order chi connectivity index (χ0) is 24.5. The van der Waals surface area contributed by atoms with Crippen molar-refractivity contribution in [1.82, 2.24) is 14.1 Å². The number of carbonyl (C=O) groups is 1. The van der Waals surface area contributed by atoms with Crippen molar-refractivity contribution in [2.24, 2.45) is 5.92 Å². The van der Waals surface area contributed by atoms with Crippen LogP contribution in [0.25, 0.3) is 0 Å². The van der Waals surface area contributed by atoms with E-state index < -0.39 is 10.0 Å². The van der Waals surface area contributed by atoms with Gasteiger partial charge in [-0.25, -0.2) is 8.42 Å². The Kier molecular flexibility index (Phi) is 6.91. The van der Waals surface area contributed by atoms with Crippen LogP contribution in [0.4, 0.5) is 5.69 Å². The zero-order valence-electron chi connectivity index (χ0n) is 20.2. The molecule has 0 atom stereocenters. The minimum Gasteiger partial charge on any atom is -0.322 e. The number of para-hydroxylation sites is 1. The molecule has 0 aliphatic carbocycles. The van der Waals surface area contributed by atoms with Gasteiger partial charge in [0.15, 0.2) is 0 Å². The SMILES string of the molecule is Cc1ccccc1NC(=O)c1ccc(Cn2nc(C)c(S(=O)(=O)N3CCC(C)CC3)c2C)cc1. The number of nitrogens with one attached hydrogen (secondary N) is 1. The fraction of sp³-hybridized carbons (Fsp3) is 0.385. The van der Waals surface area contributed by atoms with Gasteiger partial charge in [0.25, 0.3) is 5.91 Å². The maximum absolute atomic E-state index is 13.3. The topological polar surface area (TPSA) is 84.3 Å². The number of amides is 1. The molecule has 1 aliphatic heterocycles. The number of carbonyl (C=O) groups excluding carboxylic acids is 1. The number of hydrogen-bond donors (Lipinski definition) is 1. The second-order valence-corrected chi connectivity index (χ2v) is 11.1. The van der Waals surface area contributed by atoms with E-state index >= 15 is 0 Å². The summed E-state index contributed by atoms with van der Waals surface area (Å²) in [6.07, 6.45) is 1.77. The number of nitrogens with zero attached hydrogens (tertiary/aromatic N) is 3. The van der Waals surface area contributed by atoms with Gasteiger partial charge in [-0.05, 0) is 68.9 Å². The molecule has 0 unspecified atom stereocenters. The molecule has 0 spiro atoms. The van der Waals surface area contributed by atoms with Gasteiger partial charge in [0.05, 0.1) is 17.9 Å². The predicted octanol–water partition coefficient (Wildman–Crippen LogP) is 4.53. The third kappa shape index (κ3) is 4.93. The third-order valence-electron chi connectivity index (χ3n) is 6.60. The van der Waals surface area contributed by atoms with Crippen LogP contribution in [0.1, 0.15) is 52.6 Å². The second kappa shape index (κ2) is 9.72. The molecule has 2 aromatic carbocycles. The molecule has 1 fully saturated rings. The van der Waals surface area contributed by atoms with Gasteiger partial charge < -0.3 is 5.32 Å². The summed E-state index contributed by atoms with van der Waals surface area (Å²) < 4.78 is 30.0. The van der Waals surface area contributed by atoms with Crippen molar-refractivity contribution < 1.29 is 13.2 Å². The lowest BCUT2D eigenvalue weighted by atomic mass is 10.0. The fourth-order valence-electron chi connectivity index (χ4n) is 4.40. The summed E-state index contributed by atoms with van der Waals surface area (Å²) >= 11 is 0. The van der Waals surface area contributed by atoms with Gasteiger partial charge in [-0.2, -0.15) is 9.40 Å². The van der Waals surface area contributed by atoms with Crippen molar-refractivity contribution in [3.8, 4) is 0 Å². The number of rotatable bonds is 6. The van der Waals surface area contributed by atoms with Gasteiger partial charge in [-0.1, -0.05) is 37.3 Å². The molecule has 1 aliphatic rings. The predicted molar refractivity (Wildman–Crippen MR) is 134 cm³/mol. The van der Waals surface area contributed by atoms with Crippen molar-refractivity contribution in [2.45, 2.75) is 52.0 Å². The summed E-state index contributed by atoms with van der Waals surface area (Å²) in [5.74, 6) is 0.384. The van der Waals surface area contributed by atoms with E-state index in [4.69, 9.17) is 0 Å². The van der Waals surface area contributed by atoms with Crippen LogP contribution >= 0.6 is 0 Å². The molecule has 1 saturated heterocycles. The maximum atomic E-state index is 13.3. The van der Waals surface area contributed by atoms with Gasteiger partial charge in [-0.15, -0.1) is 0 Å². The third-order valence-corrected chi connectivity index (χ3v) is 8.75. The molecule has 1 aromatic heterocycles. The largest absolute Gasteiger partial charge is 0.322 e. The Morgan fingerprint density at radius 1 is 1.03 bits per heavy atom. The molecule has 4 rings (SSSR count). The van der Waals surface area contributed by atoms with E-state index in [1.807, 2.05) is 50.2 Å². The Hall–Kier alpha value is -2.97. The summed E-state index contributed by atoms with van der Waals surface area (Å²) in [5.41, 5.74) is 4.44. The highest BCUT2D eigenvalue weighted by molar-refractivity contribution is 7.89. The van der Waals surface area contributed by atoms with E-state index in [0.29, 0.717) is 47.4 Å². The van der Waals surface area contributed by atoms with E-state index in [0.717, 1.165) is 29.7 Å². The molecule has 0 saturated carbocycles. The number of piperidine rings is 1. The van der Waals surface area contributed by atoms with Crippen molar-refractivity contribution in [3.63, 3.8) is 0 Å². The van der Waals surface area contributed by atoms with Crippen LogP contribution in [-0.2, 0) is 16.6 Å². The van der Waals surface area contributed by atoms with Crippen molar-refractivity contribution in [3.05, 3.63) is 76.6 Å². The van der Waals surface area contributed by atoms with Crippen LogP contribution in [0.3, 0.4) is 0 Å². The van der Waals surface area contributed by atoms with Crippen LogP contribution in [-0.4, -0.2) is 41.5 Å². The first-order chi connectivity index (χ1) is 16.2. The zero-order valence-corrected chi connectivity index (χ0v) is 21.0. The smallest absolute Gasteiger partial charge is 0.255 e. The quantitative estimate of drug-likeness (QED) is 0.562. The lowest BCUT2D eigenvalue weighted by Gasteiger charge is -2.29. The van der Waals surface area contributed by atoms with E-state index in [1.165, 1.54) is 0 Å². The molecule has 0 radical (unpaired) electrons. The monoisotopic (exact) mass is 480 g/mol. The number of aryl methyl sites for hydroxylation is 2. The number of benzene rings is 2. The van der Waals surface area contributed by atoms with Crippen molar-refractivity contribution in [2.75, 3.05) is 18.4 Å². The number of aromatic nitrogens is 2. The molecule has 7 nitrogen and oxygen atoms in total. The lowest BCUT2D eigenvalue weighted by molar-refractivity contribution is 0.102. The Morgan fingerprint density at radius 2 is 1.68 bits per heavy atom. The molecular weight excluding hydrogens is 448 g/mol. The summed E-state index contributed by atoms with van der Waals surface area (Å²) in [4.78, 5) is 12.9. The van der Waals surface area contributed by atoms with Gasteiger partial charge >= 0.3 is 0 Å². The van der Waals surface area contributed by atoms with Gasteiger partial charge in [-0.3, -0.25) is 9.48 Å². The van der Waals surface area contributed by atoms with Gasteiger partial charge in [0, 0.05) is 24.3 Å². The highest BCUT2D eigenvalue weighted by Gasteiger charge is 2.33. The molecule has 3 aromatic rings. The average molecular weight is 481 g/mol.